The summed E-state index contributed by atoms with van der Waals surface area (Å²) in [6.07, 6.45) is 3.19. The number of methoxy groups -OCH3 is 1. The van der Waals surface area contributed by atoms with Crippen molar-refractivity contribution in [2.24, 2.45) is 0 Å². The van der Waals surface area contributed by atoms with Crippen molar-refractivity contribution in [3.63, 3.8) is 0 Å². The van der Waals surface area contributed by atoms with Crippen molar-refractivity contribution < 1.29 is 27.5 Å². The molecule has 0 unspecified atom stereocenters. The van der Waals surface area contributed by atoms with Crippen molar-refractivity contribution in [1.29, 1.82) is 0 Å². The van der Waals surface area contributed by atoms with Crippen LogP contribution >= 0.6 is 15.9 Å². The maximum Gasteiger partial charge on any atom is 0.242 e. The van der Waals surface area contributed by atoms with Crippen LogP contribution in [0.2, 0.25) is 0 Å². The number of likely N-dealkylation sites (tertiary alicyclic amines) is 2. The summed E-state index contributed by atoms with van der Waals surface area (Å²) in [6, 6.07) is 9.65. The van der Waals surface area contributed by atoms with Gasteiger partial charge in [0.25, 0.3) is 0 Å². The van der Waals surface area contributed by atoms with Crippen molar-refractivity contribution in [2.45, 2.75) is 49.1 Å². The summed E-state index contributed by atoms with van der Waals surface area (Å²) < 4.78 is 35.0. The molecule has 0 spiro atoms. The smallest absolute Gasteiger partial charge is 0.242 e. The van der Waals surface area contributed by atoms with Gasteiger partial charge in [-0.2, -0.15) is 4.72 Å². The molecule has 3 aliphatic rings. The fourth-order valence-electron chi connectivity index (χ4n) is 6.26. The number of piperidine rings is 1. The van der Waals surface area contributed by atoms with Gasteiger partial charge in [-0.1, -0.05) is 28.1 Å². The highest BCUT2D eigenvalue weighted by Crippen LogP contribution is 2.25. The number of sulfonamides is 1. The Hall–Kier alpha value is -2.58. The number of benzene rings is 2. The fourth-order valence-corrected chi connectivity index (χ4v) is 7.89. The molecule has 11 nitrogen and oxygen atoms in total. The zero-order valence-electron chi connectivity index (χ0n) is 24.5. The molecule has 5 rings (SSSR count). The molecular formula is C30H40BrN5O6S. The van der Waals surface area contributed by atoms with Crippen LogP contribution < -0.4 is 4.72 Å². The molecule has 0 saturated carbocycles. The molecule has 0 aromatic heterocycles. The van der Waals surface area contributed by atoms with E-state index in [1.807, 2.05) is 28.0 Å². The quantitative estimate of drug-likeness (QED) is 0.409. The van der Waals surface area contributed by atoms with E-state index in [9.17, 15) is 22.8 Å². The first-order valence-electron chi connectivity index (χ1n) is 14.9. The van der Waals surface area contributed by atoms with Crippen LogP contribution in [0.1, 0.15) is 32.1 Å². The molecule has 43 heavy (non-hydrogen) atoms. The minimum absolute atomic E-state index is 0.0554. The van der Waals surface area contributed by atoms with Crippen LogP contribution in [0.3, 0.4) is 0 Å². The van der Waals surface area contributed by atoms with Crippen LogP contribution in [0, 0.1) is 0 Å². The van der Waals surface area contributed by atoms with Crippen molar-refractivity contribution in [3.8, 4) is 0 Å². The van der Waals surface area contributed by atoms with Crippen molar-refractivity contribution in [2.75, 3.05) is 66.1 Å². The van der Waals surface area contributed by atoms with E-state index >= 15 is 0 Å². The average molecular weight is 679 g/mol. The molecule has 0 bridgehead atoms. The normalized spacial score (nSPS) is 22.0. The van der Waals surface area contributed by atoms with Crippen LogP contribution in [0.4, 0.5) is 0 Å². The fraction of sp³-hybridized carbons (Fsp3) is 0.567. The summed E-state index contributed by atoms with van der Waals surface area (Å²) in [7, 11) is -2.35. The number of hydrogen-bond donors (Lipinski definition) is 1. The Balaban J connectivity index is 1.15. The maximum atomic E-state index is 13.4. The topological polar surface area (TPSA) is 120 Å². The second-order valence-corrected chi connectivity index (χ2v) is 14.2. The molecule has 2 atom stereocenters. The number of rotatable bonds is 10. The minimum atomic E-state index is -3.94. The summed E-state index contributed by atoms with van der Waals surface area (Å²) >= 11 is 3.43. The number of amides is 3. The predicted octanol–water partition coefficient (Wildman–Crippen LogP) is 2.04. The van der Waals surface area contributed by atoms with Gasteiger partial charge in [0.2, 0.25) is 27.7 Å². The number of fused-ring (bicyclic) bond motifs is 1. The molecule has 0 aliphatic carbocycles. The summed E-state index contributed by atoms with van der Waals surface area (Å²) in [5.74, 6) is -0.358. The monoisotopic (exact) mass is 677 g/mol. The van der Waals surface area contributed by atoms with E-state index in [4.69, 9.17) is 4.74 Å². The van der Waals surface area contributed by atoms with Gasteiger partial charge in [0.1, 0.15) is 6.04 Å². The van der Waals surface area contributed by atoms with E-state index in [0.717, 1.165) is 47.7 Å². The Morgan fingerprint density at radius 2 is 1.67 bits per heavy atom. The summed E-state index contributed by atoms with van der Waals surface area (Å²) in [5, 5.41) is 1.69. The van der Waals surface area contributed by atoms with Crippen molar-refractivity contribution >= 4 is 54.4 Å². The van der Waals surface area contributed by atoms with E-state index in [0.29, 0.717) is 52.0 Å². The van der Waals surface area contributed by atoms with E-state index in [2.05, 4.69) is 25.6 Å². The van der Waals surface area contributed by atoms with E-state index in [1.165, 1.54) is 4.90 Å². The number of carbonyl (C=O) groups is 3. The Labute approximate surface area is 261 Å². The average Bonchev–Trinajstić information content (AvgIpc) is 3.46. The molecule has 3 heterocycles. The Morgan fingerprint density at radius 3 is 2.44 bits per heavy atom. The molecule has 0 radical (unpaired) electrons. The third-order valence-electron chi connectivity index (χ3n) is 8.65. The molecule has 2 aromatic carbocycles. The first kappa shape index (κ1) is 31.8. The number of carbonyl (C=O) groups excluding carboxylic acids is 3. The second kappa shape index (κ2) is 14.0. The molecule has 13 heteroatoms. The number of halogens is 1. The summed E-state index contributed by atoms with van der Waals surface area (Å²) in [4.78, 5) is 46.7. The van der Waals surface area contributed by atoms with Gasteiger partial charge in [-0.05, 0) is 60.7 Å². The van der Waals surface area contributed by atoms with Crippen LogP contribution in [0.15, 0.2) is 45.8 Å². The van der Waals surface area contributed by atoms with Crippen LogP contribution in [0.25, 0.3) is 10.8 Å². The highest BCUT2D eigenvalue weighted by molar-refractivity contribution is 9.10. The molecule has 1 N–H and O–H groups in total. The maximum absolute atomic E-state index is 13.4. The first-order chi connectivity index (χ1) is 20.6. The molecular weight excluding hydrogens is 638 g/mol. The van der Waals surface area contributed by atoms with Gasteiger partial charge in [0.15, 0.2) is 0 Å². The molecule has 3 saturated heterocycles. The van der Waals surface area contributed by atoms with Gasteiger partial charge < -0.3 is 19.4 Å². The Morgan fingerprint density at radius 1 is 0.953 bits per heavy atom. The molecule has 2 aromatic rings. The number of hydrogen-bond acceptors (Lipinski definition) is 7. The van der Waals surface area contributed by atoms with E-state index in [-0.39, 0.29) is 35.2 Å². The van der Waals surface area contributed by atoms with Crippen LogP contribution in [-0.2, 0) is 29.1 Å². The molecule has 3 amide bonds. The first-order valence-corrected chi connectivity index (χ1v) is 17.2. The summed E-state index contributed by atoms with van der Waals surface area (Å²) in [6.45, 7) is 5.04. The zero-order chi connectivity index (χ0) is 30.6. The lowest BCUT2D eigenvalue weighted by Crippen LogP contribution is -2.56. The second-order valence-electron chi connectivity index (χ2n) is 11.5. The highest BCUT2D eigenvalue weighted by atomic mass is 79.9. The van der Waals surface area contributed by atoms with Crippen molar-refractivity contribution in [3.05, 3.63) is 40.9 Å². The lowest BCUT2D eigenvalue weighted by atomic mass is 10.1. The lowest BCUT2D eigenvalue weighted by molar-refractivity contribution is -0.143. The lowest BCUT2D eigenvalue weighted by Gasteiger charge is -2.38. The van der Waals surface area contributed by atoms with Gasteiger partial charge in [0.05, 0.1) is 24.5 Å². The van der Waals surface area contributed by atoms with Crippen molar-refractivity contribution in [1.82, 2.24) is 24.3 Å². The molecule has 3 aliphatic heterocycles. The SMILES string of the molecule is COCCC(=O)N1CCN(C[C@@H]2CCCN2C(=O)CN2CCC[C@H](NS(=O)(=O)c3ccc4cc(Br)ccc4c3)C2=O)CC1. The minimum Gasteiger partial charge on any atom is -0.384 e. The number of piperazine rings is 1. The van der Waals surface area contributed by atoms with Crippen LogP contribution in [-0.4, -0.2) is 124 Å². The van der Waals surface area contributed by atoms with Gasteiger partial charge in [-0.3, -0.25) is 19.3 Å². The Bertz CT molecular complexity index is 1450. The Kier molecular flexibility index (Phi) is 10.4. The van der Waals surface area contributed by atoms with Gasteiger partial charge in [-0.15, -0.1) is 0 Å². The number of ether oxygens (including phenoxy) is 1. The predicted molar refractivity (Wildman–Crippen MR) is 166 cm³/mol. The standard InChI is InChI=1S/C30H40BrN5O6S/c1-42-17-10-28(37)34-15-13-33(14-16-34)20-25-4-2-12-36(25)29(38)21-35-11-3-5-27(30(35)39)32-43(40,41)26-9-7-22-18-24(31)8-6-23(22)19-26/h6-9,18-19,25,27,32H,2-5,10-17,20-21H2,1H3/t25-,27-/m0/s1. The van der Waals surface area contributed by atoms with E-state index < -0.39 is 16.1 Å². The highest BCUT2D eigenvalue weighted by Gasteiger charge is 2.36. The number of nitrogens with zero attached hydrogens (tertiary/aromatic N) is 4. The van der Waals surface area contributed by atoms with E-state index in [1.54, 1.807) is 25.3 Å². The van der Waals surface area contributed by atoms with Gasteiger partial charge in [0, 0.05) is 63.4 Å². The van der Waals surface area contributed by atoms with Gasteiger partial charge >= 0.3 is 0 Å². The molecule has 3 fully saturated rings. The van der Waals surface area contributed by atoms with Crippen LogP contribution in [0.5, 0.6) is 0 Å². The summed E-state index contributed by atoms with van der Waals surface area (Å²) in [5.41, 5.74) is 0. The van der Waals surface area contributed by atoms with Gasteiger partial charge in [-0.25, -0.2) is 8.42 Å². The largest absolute Gasteiger partial charge is 0.384 e. The third kappa shape index (κ3) is 7.75. The number of nitrogens with one attached hydrogen (secondary N) is 1. The molecule has 234 valence electrons. The third-order valence-corrected chi connectivity index (χ3v) is 10.6. The zero-order valence-corrected chi connectivity index (χ0v) is 26.9.